The molecule has 2 aromatic rings. The minimum absolute atomic E-state index is 0.124. The number of nitrogens with one attached hydrogen (secondary N) is 1. The van der Waals surface area contributed by atoms with Gasteiger partial charge in [0.2, 0.25) is 5.91 Å². The molecule has 0 saturated carbocycles. The van der Waals surface area contributed by atoms with Crippen LogP contribution in [0, 0.1) is 5.92 Å². The zero-order valence-corrected chi connectivity index (χ0v) is 13.8. The fraction of sp³-hybridized carbons (Fsp3) is 0.421. The molecule has 0 radical (unpaired) electrons. The number of methoxy groups -OCH3 is 1. The Bertz CT molecular complexity index is 699. The lowest BCUT2D eigenvalue weighted by molar-refractivity contribution is -0.126. The van der Waals surface area contributed by atoms with Crippen LogP contribution in [-0.4, -0.2) is 38.1 Å². The maximum absolute atomic E-state index is 11.9. The maximum Gasteiger partial charge on any atom is 0.224 e. The van der Waals surface area contributed by atoms with Crippen molar-refractivity contribution in [3.05, 3.63) is 42.0 Å². The van der Waals surface area contributed by atoms with Crippen LogP contribution >= 0.6 is 0 Å². The van der Waals surface area contributed by atoms with Gasteiger partial charge in [-0.3, -0.25) is 9.69 Å². The van der Waals surface area contributed by atoms with Crippen LogP contribution in [0.5, 0.6) is 5.75 Å². The molecule has 4 nitrogen and oxygen atoms in total. The van der Waals surface area contributed by atoms with Crippen molar-refractivity contribution in [3.8, 4) is 5.75 Å². The molecule has 1 N–H and O–H groups in total. The Kier molecular flexibility index (Phi) is 4.82. The first-order chi connectivity index (χ1) is 11.2. The van der Waals surface area contributed by atoms with Gasteiger partial charge in [0.15, 0.2) is 0 Å². The lowest BCUT2D eigenvalue weighted by Gasteiger charge is -2.31. The molecule has 1 aliphatic rings. The summed E-state index contributed by atoms with van der Waals surface area (Å²) in [6, 6.07) is 12.7. The van der Waals surface area contributed by atoms with Crippen molar-refractivity contribution in [2.24, 2.45) is 5.92 Å². The molecule has 3 rings (SSSR count). The van der Waals surface area contributed by atoms with Gasteiger partial charge in [-0.15, -0.1) is 0 Å². The third-order valence-corrected chi connectivity index (χ3v) is 4.64. The number of fused-ring (bicyclic) bond motifs is 1. The number of rotatable bonds is 4. The van der Waals surface area contributed by atoms with Gasteiger partial charge in [-0.05, 0) is 53.9 Å². The lowest BCUT2D eigenvalue weighted by Crippen LogP contribution is -2.41. The Labute approximate surface area is 137 Å². The average Bonchev–Trinajstić information content (AvgIpc) is 2.60. The van der Waals surface area contributed by atoms with E-state index in [0.717, 1.165) is 38.2 Å². The summed E-state index contributed by atoms with van der Waals surface area (Å²) in [5, 5.41) is 5.19. The van der Waals surface area contributed by atoms with Gasteiger partial charge >= 0.3 is 0 Å². The summed E-state index contributed by atoms with van der Waals surface area (Å²) in [6.07, 6.45) is 2.08. The Hall–Kier alpha value is -2.07. The molecule has 0 spiro atoms. The quantitative estimate of drug-likeness (QED) is 0.944. The van der Waals surface area contributed by atoms with Crippen LogP contribution in [0.4, 0.5) is 0 Å². The van der Waals surface area contributed by atoms with Crippen LogP contribution < -0.4 is 10.1 Å². The summed E-state index contributed by atoms with van der Waals surface area (Å²) in [5.74, 6) is 1.17. The van der Waals surface area contributed by atoms with E-state index in [1.54, 1.807) is 14.2 Å². The summed E-state index contributed by atoms with van der Waals surface area (Å²) < 4.78 is 5.27. The maximum atomic E-state index is 11.9. The van der Waals surface area contributed by atoms with E-state index in [2.05, 4.69) is 40.5 Å². The Balaban J connectivity index is 1.72. The van der Waals surface area contributed by atoms with Crippen molar-refractivity contribution in [2.45, 2.75) is 19.4 Å². The second kappa shape index (κ2) is 7.01. The number of piperidine rings is 1. The van der Waals surface area contributed by atoms with Crippen LogP contribution in [0.3, 0.4) is 0 Å². The highest BCUT2D eigenvalue weighted by atomic mass is 16.5. The van der Waals surface area contributed by atoms with Crippen LogP contribution in [-0.2, 0) is 11.3 Å². The molecule has 1 saturated heterocycles. The molecular formula is C19H24N2O2. The first-order valence-corrected chi connectivity index (χ1v) is 8.20. The highest BCUT2D eigenvalue weighted by Crippen LogP contribution is 2.24. The van der Waals surface area contributed by atoms with Crippen molar-refractivity contribution in [3.63, 3.8) is 0 Å². The highest BCUT2D eigenvalue weighted by Gasteiger charge is 2.24. The molecule has 1 amide bonds. The van der Waals surface area contributed by atoms with Gasteiger partial charge in [0.05, 0.1) is 13.0 Å². The first kappa shape index (κ1) is 15.8. The SMILES string of the molecule is CNC(=O)[C@@H]1CCCN(Cc2ccc3cc(OC)ccc3c2)C1. The second-order valence-corrected chi connectivity index (χ2v) is 6.24. The van der Waals surface area contributed by atoms with Gasteiger partial charge in [-0.2, -0.15) is 0 Å². The number of likely N-dealkylation sites (tertiary alicyclic amines) is 1. The second-order valence-electron chi connectivity index (χ2n) is 6.24. The van der Waals surface area contributed by atoms with E-state index in [4.69, 9.17) is 4.74 Å². The number of hydrogen-bond donors (Lipinski definition) is 1. The zero-order valence-electron chi connectivity index (χ0n) is 13.8. The van der Waals surface area contributed by atoms with Gasteiger partial charge < -0.3 is 10.1 Å². The molecule has 2 aromatic carbocycles. The van der Waals surface area contributed by atoms with Crippen LogP contribution in [0.25, 0.3) is 10.8 Å². The number of amides is 1. The summed E-state index contributed by atoms with van der Waals surface area (Å²) in [6.45, 7) is 2.81. The molecule has 0 aromatic heterocycles. The van der Waals surface area contributed by atoms with E-state index in [9.17, 15) is 4.79 Å². The minimum atomic E-state index is 0.124. The van der Waals surface area contributed by atoms with Gasteiger partial charge in [-0.25, -0.2) is 0 Å². The van der Waals surface area contributed by atoms with Crippen LogP contribution in [0.1, 0.15) is 18.4 Å². The molecule has 4 heteroatoms. The number of nitrogens with zero attached hydrogens (tertiary/aromatic N) is 1. The third-order valence-electron chi connectivity index (χ3n) is 4.64. The normalized spacial score (nSPS) is 18.8. The molecular weight excluding hydrogens is 288 g/mol. The minimum Gasteiger partial charge on any atom is -0.497 e. The third kappa shape index (κ3) is 3.64. The fourth-order valence-electron chi connectivity index (χ4n) is 3.37. The van der Waals surface area contributed by atoms with Crippen molar-refractivity contribution in [2.75, 3.05) is 27.2 Å². The standard InChI is InChI=1S/C19H24N2O2/c1-20-19(22)17-4-3-9-21(13-17)12-14-5-6-16-11-18(23-2)8-7-15(16)10-14/h5-8,10-11,17H,3-4,9,12-13H2,1-2H3,(H,20,22)/t17-/m1/s1. The molecule has 122 valence electrons. The molecule has 1 heterocycles. The van der Waals surface area contributed by atoms with E-state index < -0.39 is 0 Å². The Morgan fingerprint density at radius 3 is 2.83 bits per heavy atom. The topological polar surface area (TPSA) is 41.6 Å². The zero-order chi connectivity index (χ0) is 16.2. The van der Waals surface area contributed by atoms with Crippen LogP contribution in [0.2, 0.25) is 0 Å². The van der Waals surface area contributed by atoms with Gasteiger partial charge in [0, 0.05) is 20.1 Å². The number of hydrogen-bond acceptors (Lipinski definition) is 3. The van der Waals surface area contributed by atoms with E-state index in [1.807, 2.05) is 6.07 Å². The van der Waals surface area contributed by atoms with Crippen molar-refractivity contribution < 1.29 is 9.53 Å². The van der Waals surface area contributed by atoms with Crippen LogP contribution in [0.15, 0.2) is 36.4 Å². The predicted octanol–water partition coefficient (Wildman–Crippen LogP) is 2.81. The molecule has 0 aliphatic carbocycles. The lowest BCUT2D eigenvalue weighted by atomic mass is 9.96. The Morgan fingerprint density at radius 1 is 1.26 bits per heavy atom. The average molecular weight is 312 g/mol. The molecule has 23 heavy (non-hydrogen) atoms. The molecule has 1 aliphatic heterocycles. The van der Waals surface area contributed by atoms with E-state index >= 15 is 0 Å². The van der Waals surface area contributed by atoms with Gasteiger partial charge in [0.1, 0.15) is 5.75 Å². The number of carbonyl (C=O) groups excluding carboxylic acids is 1. The number of carbonyl (C=O) groups is 1. The number of ether oxygens (including phenoxy) is 1. The van der Waals surface area contributed by atoms with Crippen molar-refractivity contribution in [1.82, 2.24) is 10.2 Å². The summed E-state index contributed by atoms with van der Waals surface area (Å²) in [4.78, 5) is 14.2. The molecule has 1 fully saturated rings. The first-order valence-electron chi connectivity index (χ1n) is 8.20. The smallest absolute Gasteiger partial charge is 0.224 e. The van der Waals surface area contributed by atoms with Crippen molar-refractivity contribution >= 4 is 16.7 Å². The summed E-state index contributed by atoms with van der Waals surface area (Å²) in [5.41, 5.74) is 1.29. The van der Waals surface area contributed by atoms with E-state index in [0.29, 0.717) is 0 Å². The summed E-state index contributed by atoms with van der Waals surface area (Å²) in [7, 11) is 3.41. The van der Waals surface area contributed by atoms with E-state index in [1.165, 1.54) is 16.3 Å². The van der Waals surface area contributed by atoms with E-state index in [-0.39, 0.29) is 11.8 Å². The molecule has 0 bridgehead atoms. The molecule has 0 unspecified atom stereocenters. The summed E-state index contributed by atoms with van der Waals surface area (Å²) >= 11 is 0. The highest BCUT2D eigenvalue weighted by molar-refractivity contribution is 5.84. The Morgan fingerprint density at radius 2 is 2.04 bits per heavy atom. The van der Waals surface area contributed by atoms with Gasteiger partial charge in [0.25, 0.3) is 0 Å². The largest absolute Gasteiger partial charge is 0.497 e. The monoisotopic (exact) mass is 312 g/mol. The predicted molar refractivity (Wildman–Crippen MR) is 92.6 cm³/mol. The van der Waals surface area contributed by atoms with Gasteiger partial charge in [-0.1, -0.05) is 18.2 Å². The number of benzene rings is 2. The fourth-order valence-corrected chi connectivity index (χ4v) is 3.37. The van der Waals surface area contributed by atoms with Crippen molar-refractivity contribution in [1.29, 1.82) is 0 Å². The molecule has 1 atom stereocenters.